The number of aliphatic hydroxyl groups excluding tert-OH is 1. The standard InChI is InChI=1S/C17H17F2N3O2.C5H13NO/c1-10(2)22-14-6-11(9-23)8-21-16(14)15(20)12-4-3-5-13(7-12)24-17(18)19;1-4(6-3)5(2)7/h3-10,17,20,22H,1-2H3;4-7H,1-3H3/t;4?,5-/m.1/s1. The number of aldehydes is 1. The number of benzene rings is 1. The van der Waals surface area contributed by atoms with Gasteiger partial charge in [-0.2, -0.15) is 8.78 Å². The van der Waals surface area contributed by atoms with Gasteiger partial charge in [0.15, 0.2) is 6.29 Å². The number of rotatable bonds is 9. The largest absolute Gasteiger partial charge is 0.435 e. The fraction of sp³-hybridized carbons (Fsp3) is 0.409. The smallest absolute Gasteiger partial charge is 0.387 e. The van der Waals surface area contributed by atoms with Crippen LogP contribution in [0.1, 0.15) is 49.3 Å². The van der Waals surface area contributed by atoms with Crippen LogP contribution in [0.5, 0.6) is 5.75 Å². The molecule has 7 nitrogen and oxygen atoms in total. The Morgan fingerprint density at radius 2 is 1.90 bits per heavy atom. The first-order valence-corrected chi connectivity index (χ1v) is 9.80. The number of ether oxygens (including phenoxy) is 1. The van der Waals surface area contributed by atoms with Crippen LogP contribution in [0.2, 0.25) is 0 Å². The topological polar surface area (TPSA) is 107 Å². The number of carbonyl (C=O) groups excluding carboxylic acids is 1. The Labute approximate surface area is 181 Å². The van der Waals surface area contributed by atoms with Crippen molar-refractivity contribution in [3.63, 3.8) is 0 Å². The van der Waals surface area contributed by atoms with E-state index in [9.17, 15) is 13.6 Å². The van der Waals surface area contributed by atoms with E-state index in [0.717, 1.165) is 0 Å². The summed E-state index contributed by atoms with van der Waals surface area (Å²) in [4.78, 5) is 15.1. The van der Waals surface area contributed by atoms with Crippen molar-refractivity contribution in [2.24, 2.45) is 0 Å². The molecule has 0 bridgehead atoms. The second kappa shape index (κ2) is 12.7. The molecule has 2 atom stereocenters. The highest BCUT2D eigenvalue weighted by atomic mass is 19.3. The Bertz CT molecular complexity index is 860. The average molecular weight is 437 g/mol. The number of pyridine rings is 1. The van der Waals surface area contributed by atoms with E-state index in [1.54, 1.807) is 19.1 Å². The third-order valence-electron chi connectivity index (χ3n) is 4.25. The van der Waals surface area contributed by atoms with Crippen LogP contribution in [-0.4, -0.2) is 53.9 Å². The lowest BCUT2D eigenvalue weighted by atomic mass is 10.0. The first kappa shape index (κ1) is 26.1. The first-order chi connectivity index (χ1) is 14.6. The lowest BCUT2D eigenvalue weighted by molar-refractivity contribution is -0.0498. The molecular formula is C22H30F2N4O3. The molecule has 0 aliphatic rings. The predicted octanol–water partition coefficient (Wildman–Crippen LogP) is 3.71. The predicted molar refractivity (Wildman–Crippen MR) is 118 cm³/mol. The maximum absolute atomic E-state index is 12.3. The van der Waals surface area contributed by atoms with Crippen molar-refractivity contribution in [2.75, 3.05) is 12.4 Å². The van der Waals surface area contributed by atoms with E-state index >= 15 is 0 Å². The summed E-state index contributed by atoms with van der Waals surface area (Å²) in [5.74, 6) is -0.0323. The molecule has 9 heteroatoms. The SMILES string of the molecule is CC(C)Nc1cc(C=O)cnc1C(=N)c1cccc(OC(F)F)c1.CNC(C)[C@@H](C)O. The van der Waals surface area contributed by atoms with E-state index in [0.29, 0.717) is 28.8 Å². The number of halogens is 2. The van der Waals surface area contributed by atoms with Gasteiger partial charge in [0.2, 0.25) is 0 Å². The van der Waals surface area contributed by atoms with Gasteiger partial charge < -0.3 is 20.5 Å². The van der Waals surface area contributed by atoms with Gasteiger partial charge in [-0.3, -0.25) is 15.2 Å². The number of alkyl halides is 2. The van der Waals surface area contributed by atoms with Gasteiger partial charge in [0.25, 0.3) is 0 Å². The summed E-state index contributed by atoms with van der Waals surface area (Å²) >= 11 is 0. The minimum atomic E-state index is -2.93. The monoisotopic (exact) mass is 436 g/mol. The molecule has 0 aliphatic carbocycles. The van der Waals surface area contributed by atoms with Gasteiger partial charge in [0, 0.05) is 29.4 Å². The summed E-state index contributed by atoms with van der Waals surface area (Å²) in [7, 11) is 1.83. The highest BCUT2D eigenvalue weighted by molar-refractivity contribution is 6.13. The molecule has 0 spiro atoms. The molecule has 0 aliphatic heterocycles. The van der Waals surface area contributed by atoms with E-state index in [1.807, 2.05) is 27.8 Å². The highest BCUT2D eigenvalue weighted by Crippen LogP contribution is 2.22. The molecule has 1 unspecified atom stereocenters. The zero-order chi connectivity index (χ0) is 23.6. The number of aromatic nitrogens is 1. The Morgan fingerprint density at radius 1 is 1.23 bits per heavy atom. The second-order valence-corrected chi connectivity index (χ2v) is 7.18. The molecule has 0 saturated heterocycles. The number of nitrogens with one attached hydrogen (secondary N) is 3. The van der Waals surface area contributed by atoms with Gasteiger partial charge in [0.05, 0.1) is 17.5 Å². The molecule has 0 fully saturated rings. The van der Waals surface area contributed by atoms with Gasteiger partial charge in [-0.25, -0.2) is 0 Å². The summed E-state index contributed by atoms with van der Waals surface area (Å²) in [6.45, 7) is 4.60. The number of nitrogens with zero attached hydrogens (tertiary/aromatic N) is 1. The van der Waals surface area contributed by atoms with E-state index in [2.05, 4.69) is 20.4 Å². The van der Waals surface area contributed by atoms with E-state index in [-0.39, 0.29) is 29.6 Å². The molecule has 31 heavy (non-hydrogen) atoms. The van der Waals surface area contributed by atoms with E-state index < -0.39 is 6.61 Å². The van der Waals surface area contributed by atoms with Crippen LogP contribution in [0.25, 0.3) is 0 Å². The summed E-state index contributed by atoms with van der Waals surface area (Å²) in [6.07, 6.45) is 1.79. The summed E-state index contributed by atoms with van der Waals surface area (Å²) in [5.41, 5.74) is 1.65. The van der Waals surface area contributed by atoms with Crippen molar-refractivity contribution in [3.05, 3.63) is 53.3 Å². The van der Waals surface area contributed by atoms with Crippen molar-refractivity contribution in [1.29, 1.82) is 5.41 Å². The molecule has 1 aromatic heterocycles. The van der Waals surface area contributed by atoms with Crippen molar-refractivity contribution in [2.45, 2.75) is 52.5 Å². The van der Waals surface area contributed by atoms with Crippen LogP contribution in [0.3, 0.4) is 0 Å². The highest BCUT2D eigenvalue weighted by Gasteiger charge is 2.15. The molecule has 1 aromatic carbocycles. The summed E-state index contributed by atoms with van der Waals surface area (Å²) in [5, 5.41) is 23.1. The van der Waals surface area contributed by atoms with Crippen LogP contribution in [0, 0.1) is 5.41 Å². The lowest BCUT2D eigenvalue weighted by Crippen LogP contribution is -2.32. The Kier molecular flexibility index (Phi) is 10.7. The quantitative estimate of drug-likeness (QED) is 0.353. The van der Waals surface area contributed by atoms with Gasteiger partial charge >= 0.3 is 6.61 Å². The minimum Gasteiger partial charge on any atom is -0.435 e. The summed E-state index contributed by atoms with van der Waals surface area (Å²) < 4.78 is 29.0. The fourth-order valence-electron chi connectivity index (χ4n) is 2.37. The molecule has 0 radical (unpaired) electrons. The molecule has 1 heterocycles. The number of hydrogen-bond acceptors (Lipinski definition) is 7. The van der Waals surface area contributed by atoms with Gasteiger partial charge in [0.1, 0.15) is 11.4 Å². The van der Waals surface area contributed by atoms with Gasteiger partial charge in [-0.1, -0.05) is 12.1 Å². The number of carbonyl (C=O) groups is 1. The second-order valence-electron chi connectivity index (χ2n) is 7.18. The molecule has 0 saturated carbocycles. The number of anilines is 1. The first-order valence-electron chi connectivity index (χ1n) is 9.80. The minimum absolute atomic E-state index is 0.0323. The van der Waals surface area contributed by atoms with Crippen LogP contribution in [0.15, 0.2) is 36.5 Å². The molecular weight excluding hydrogens is 406 g/mol. The zero-order valence-electron chi connectivity index (χ0n) is 18.3. The number of aliphatic hydroxyl groups is 1. The van der Waals surface area contributed by atoms with E-state index in [4.69, 9.17) is 10.5 Å². The summed E-state index contributed by atoms with van der Waals surface area (Å²) in [6, 6.07) is 7.74. The van der Waals surface area contributed by atoms with Crippen LogP contribution in [0.4, 0.5) is 14.5 Å². The zero-order valence-corrected chi connectivity index (χ0v) is 18.3. The third kappa shape index (κ3) is 8.77. The Balaban J connectivity index is 0.000000592. The maximum Gasteiger partial charge on any atom is 0.387 e. The molecule has 170 valence electrons. The van der Waals surface area contributed by atoms with Gasteiger partial charge in [-0.15, -0.1) is 0 Å². The Hall–Kier alpha value is -2.91. The van der Waals surface area contributed by atoms with Crippen molar-refractivity contribution in [1.82, 2.24) is 10.3 Å². The molecule has 0 amide bonds. The number of likely N-dealkylation sites (N-methyl/N-ethyl adjacent to an activating group) is 1. The lowest BCUT2D eigenvalue weighted by Gasteiger charge is -2.15. The fourth-order valence-corrected chi connectivity index (χ4v) is 2.37. The van der Waals surface area contributed by atoms with Crippen molar-refractivity contribution >= 4 is 17.7 Å². The molecule has 4 N–H and O–H groups in total. The normalized spacial score (nSPS) is 12.6. The van der Waals surface area contributed by atoms with E-state index in [1.165, 1.54) is 24.4 Å². The van der Waals surface area contributed by atoms with Crippen molar-refractivity contribution < 1.29 is 23.4 Å². The average Bonchev–Trinajstić information content (AvgIpc) is 2.72. The third-order valence-corrected chi connectivity index (χ3v) is 4.25. The van der Waals surface area contributed by atoms with Crippen LogP contribution < -0.4 is 15.4 Å². The number of hydrogen-bond donors (Lipinski definition) is 4. The molecule has 2 aromatic rings. The van der Waals surface area contributed by atoms with Crippen LogP contribution in [-0.2, 0) is 0 Å². The maximum atomic E-state index is 12.3. The van der Waals surface area contributed by atoms with Gasteiger partial charge in [-0.05, 0) is 52.9 Å². The van der Waals surface area contributed by atoms with Crippen LogP contribution >= 0.6 is 0 Å². The van der Waals surface area contributed by atoms with Crippen molar-refractivity contribution in [3.8, 4) is 5.75 Å². The molecule has 2 rings (SSSR count). The Morgan fingerprint density at radius 3 is 2.39 bits per heavy atom.